The maximum Gasteiger partial charge on any atom is 0.134 e. The normalized spacial score (nSPS) is 19.9. The van der Waals surface area contributed by atoms with Crippen molar-refractivity contribution in [2.24, 2.45) is 5.73 Å². The predicted molar refractivity (Wildman–Crippen MR) is 74.0 cm³/mol. The molecule has 0 saturated carbocycles. The number of halogens is 1. The third-order valence-electron chi connectivity index (χ3n) is 3.56. The molecule has 1 saturated heterocycles. The molecular weight excluding hydrogens is 250 g/mol. The van der Waals surface area contributed by atoms with E-state index in [-0.39, 0.29) is 11.8 Å². The summed E-state index contributed by atoms with van der Waals surface area (Å²) in [6.07, 6.45) is 0. The summed E-state index contributed by atoms with van der Waals surface area (Å²) >= 11 is 5.96. The standard InChI is InChI=1S/C13H20ClN3O/c1-16-4-6-17(7-5-16)12(9-15)10-2-3-13(18)11(14)8-10/h2-3,8,12,18H,4-7,9,15H2,1H3. The first-order valence-corrected chi connectivity index (χ1v) is 6.60. The molecule has 1 atom stereocenters. The van der Waals surface area contributed by atoms with Crippen molar-refractivity contribution >= 4 is 11.6 Å². The third-order valence-corrected chi connectivity index (χ3v) is 3.86. The smallest absolute Gasteiger partial charge is 0.134 e. The van der Waals surface area contributed by atoms with Crippen LogP contribution in [-0.2, 0) is 0 Å². The van der Waals surface area contributed by atoms with Crippen molar-refractivity contribution in [1.82, 2.24) is 9.80 Å². The summed E-state index contributed by atoms with van der Waals surface area (Å²) in [5.41, 5.74) is 6.97. The highest BCUT2D eigenvalue weighted by molar-refractivity contribution is 6.32. The van der Waals surface area contributed by atoms with E-state index in [4.69, 9.17) is 17.3 Å². The lowest BCUT2D eigenvalue weighted by Crippen LogP contribution is -2.47. The second kappa shape index (κ2) is 5.89. The molecule has 1 aliphatic heterocycles. The highest BCUT2D eigenvalue weighted by Crippen LogP contribution is 2.29. The molecular formula is C13H20ClN3O. The number of rotatable bonds is 3. The average molecular weight is 270 g/mol. The minimum Gasteiger partial charge on any atom is -0.506 e. The maximum atomic E-state index is 9.46. The van der Waals surface area contributed by atoms with Crippen LogP contribution in [0.3, 0.4) is 0 Å². The molecule has 1 aromatic carbocycles. The fourth-order valence-corrected chi connectivity index (χ4v) is 2.55. The van der Waals surface area contributed by atoms with Crippen molar-refractivity contribution in [2.75, 3.05) is 39.8 Å². The molecule has 0 radical (unpaired) electrons. The number of hydrogen-bond acceptors (Lipinski definition) is 4. The van der Waals surface area contributed by atoms with Gasteiger partial charge in [-0.05, 0) is 24.7 Å². The summed E-state index contributed by atoms with van der Waals surface area (Å²) in [7, 11) is 2.13. The van der Waals surface area contributed by atoms with E-state index < -0.39 is 0 Å². The van der Waals surface area contributed by atoms with Crippen LogP contribution in [-0.4, -0.2) is 54.7 Å². The predicted octanol–water partition coefficient (Wildman–Crippen LogP) is 1.29. The summed E-state index contributed by atoms with van der Waals surface area (Å²) in [5.74, 6) is 0.120. The van der Waals surface area contributed by atoms with Gasteiger partial charge >= 0.3 is 0 Å². The van der Waals surface area contributed by atoms with E-state index in [2.05, 4.69) is 16.8 Å². The Hall–Kier alpha value is -0.810. The lowest BCUT2D eigenvalue weighted by atomic mass is 10.0. The highest BCUT2D eigenvalue weighted by atomic mass is 35.5. The van der Waals surface area contributed by atoms with Crippen molar-refractivity contribution in [2.45, 2.75) is 6.04 Å². The fraction of sp³-hybridized carbons (Fsp3) is 0.538. The number of benzene rings is 1. The van der Waals surface area contributed by atoms with E-state index in [1.165, 1.54) is 0 Å². The molecule has 1 aliphatic rings. The maximum absolute atomic E-state index is 9.46. The second-order valence-electron chi connectivity index (χ2n) is 4.80. The Kier molecular flexibility index (Phi) is 4.45. The van der Waals surface area contributed by atoms with Crippen LogP contribution in [0.1, 0.15) is 11.6 Å². The molecule has 0 aromatic heterocycles. The second-order valence-corrected chi connectivity index (χ2v) is 5.21. The van der Waals surface area contributed by atoms with E-state index >= 15 is 0 Å². The van der Waals surface area contributed by atoms with E-state index in [1.54, 1.807) is 6.07 Å². The van der Waals surface area contributed by atoms with Crippen molar-refractivity contribution in [3.8, 4) is 5.75 Å². The van der Waals surface area contributed by atoms with Crippen molar-refractivity contribution in [1.29, 1.82) is 0 Å². The zero-order chi connectivity index (χ0) is 13.1. The van der Waals surface area contributed by atoms with Gasteiger partial charge in [0, 0.05) is 38.8 Å². The van der Waals surface area contributed by atoms with Crippen LogP contribution in [0.25, 0.3) is 0 Å². The van der Waals surface area contributed by atoms with Crippen LogP contribution in [0.4, 0.5) is 0 Å². The molecule has 2 rings (SSSR count). The number of piperazine rings is 1. The van der Waals surface area contributed by atoms with Gasteiger partial charge in [-0.2, -0.15) is 0 Å². The van der Waals surface area contributed by atoms with Gasteiger partial charge in [0.1, 0.15) is 5.75 Å². The Morgan fingerprint density at radius 2 is 2.00 bits per heavy atom. The quantitative estimate of drug-likeness (QED) is 0.868. The molecule has 4 nitrogen and oxygen atoms in total. The molecule has 5 heteroatoms. The van der Waals surface area contributed by atoms with Gasteiger partial charge in [-0.15, -0.1) is 0 Å². The Labute approximate surface area is 113 Å². The topological polar surface area (TPSA) is 52.7 Å². The highest BCUT2D eigenvalue weighted by Gasteiger charge is 2.23. The summed E-state index contributed by atoms with van der Waals surface area (Å²) in [6, 6.07) is 5.53. The van der Waals surface area contributed by atoms with E-state index in [9.17, 15) is 5.11 Å². The first-order valence-electron chi connectivity index (χ1n) is 6.23. The number of likely N-dealkylation sites (N-methyl/N-ethyl adjacent to an activating group) is 1. The molecule has 18 heavy (non-hydrogen) atoms. The minimum atomic E-state index is 0.120. The molecule has 100 valence electrons. The number of phenols is 1. The number of aromatic hydroxyl groups is 1. The largest absolute Gasteiger partial charge is 0.506 e. The summed E-state index contributed by atoms with van der Waals surface area (Å²) < 4.78 is 0. The molecule has 1 aromatic rings. The van der Waals surface area contributed by atoms with Gasteiger partial charge in [0.15, 0.2) is 0 Å². The van der Waals surface area contributed by atoms with E-state index in [0.29, 0.717) is 11.6 Å². The van der Waals surface area contributed by atoms with E-state index in [0.717, 1.165) is 31.7 Å². The monoisotopic (exact) mass is 269 g/mol. The van der Waals surface area contributed by atoms with E-state index in [1.807, 2.05) is 12.1 Å². The van der Waals surface area contributed by atoms with Gasteiger partial charge in [-0.1, -0.05) is 17.7 Å². The Morgan fingerprint density at radius 3 is 2.56 bits per heavy atom. The fourth-order valence-electron chi connectivity index (χ4n) is 2.36. The first kappa shape index (κ1) is 13.6. The van der Waals surface area contributed by atoms with Crippen LogP contribution >= 0.6 is 11.6 Å². The van der Waals surface area contributed by atoms with Gasteiger partial charge in [0.2, 0.25) is 0 Å². The van der Waals surface area contributed by atoms with Gasteiger partial charge in [-0.25, -0.2) is 0 Å². The van der Waals surface area contributed by atoms with Crippen LogP contribution in [0.5, 0.6) is 5.75 Å². The number of nitrogens with zero attached hydrogens (tertiary/aromatic N) is 2. The third kappa shape index (κ3) is 2.95. The zero-order valence-corrected chi connectivity index (χ0v) is 11.4. The molecule has 0 aliphatic carbocycles. The van der Waals surface area contributed by atoms with Crippen LogP contribution in [0.2, 0.25) is 5.02 Å². The van der Waals surface area contributed by atoms with Gasteiger partial charge < -0.3 is 15.7 Å². The van der Waals surface area contributed by atoms with Crippen LogP contribution in [0, 0.1) is 0 Å². The lowest BCUT2D eigenvalue weighted by molar-refractivity contribution is 0.114. The zero-order valence-electron chi connectivity index (χ0n) is 10.6. The van der Waals surface area contributed by atoms with Crippen LogP contribution < -0.4 is 5.73 Å². The SMILES string of the molecule is CN1CCN(C(CN)c2ccc(O)c(Cl)c2)CC1. The Morgan fingerprint density at radius 1 is 1.33 bits per heavy atom. The molecule has 3 N–H and O–H groups in total. The summed E-state index contributed by atoms with van der Waals surface area (Å²) in [4.78, 5) is 4.69. The molecule has 0 amide bonds. The molecule has 1 heterocycles. The van der Waals surface area contributed by atoms with Crippen molar-refractivity contribution < 1.29 is 5.11 Å². The van der Waals surface area contributed by atoms with Gasteiger partial charge in [0.05, 0.1) is 5.02 Å². The van der Waals surface area contributed by atoms with Crippen molar-refractivity contribution in [3.05, 3.63) is 28.8 Å². The molecule has 1 unspecified atom stereocenters. The number of phenolic OH excluding ortho intramolecular Hbond substituents is 1. The molecule has 0 spiro atoms. The van der Waals surface area contributed by atoms with Gasteiger partial charge in [0.25, 0.3) is 0 Å². The summed E-state index contributed by atoms with van der Waals surface area (Å²) in [5, 5.41) is 9.85. The average Bonchev–Trinajstić information content (AvgIpc) is 2.37. The molecule has 0 bridgehead atoms. The van der Waals surface area contributed by atoms with Crippen LogP contribution in [0.15, 0.2) is 18.2 Å². The lowest BCUT2D eigenvalue weighted by Gasteiger charge is -2.37. The first-order chi connectivity index (χ1) is 8.61. The summed E-state index contributed by atoms with van der Waals surface area (Å²) in [6.45, 7) is 4.70. The Bertz CT molecular complexity index is 405. The number of nitrogens with two attached hydrogens (primary N) is 1. The van der Waals surface area contributed by atoms with Gasteiger partial charge in [-0.3, -0.25) is 4.90 Å². The Balaban J connectivity index is 2.14. The van der Waals surface area contributed by atoms with Crippen molar-refractivity contribution in [3.63, 3.8) is 0 Å². The molecule has 1 fully saturated rings. The number of hydrogen-bond donors (Lipinski definition) is 2. The minimum absolute atomic E-state index is 0.120.